The quantitative estimate of drug-likeness (QED) is 0.316. The summed E-state index contributed by atoms with van der Waals surface area (Å²) in [5.74, 6) is 0.584. The highest BCUT2D eigenvalue weighted by Crippen LogP contribution is 2.27. The minimum atomic E-state index is -0.155. The molecule has 0 fully saturated rings. The molecule has 0 unspecified atom stereocenters. The lowest BCUT2D eigenvalue weighted by atomic mass is 10.1. The summed E-state index contributed by atoms with van der Waals surface area (Å²) in [5.41, 5.74) is 4.13. The van der Waals surface area contributed by atoms with Gasteiger partial charge in [-0.25, -0.2) is 0 Å². The van der Waals surface area contributed by atoms with E-state index in [1.165, 1.54) is 0 Å². The molecule has 4 aromatic rings. The third-order valence-corrected chi connectivity index (χ3v) is 5.02. The fraction of sp³-hybridized carbons (Fsp3) is 0. The second-order valence-corrected chi connectivity index (χ2v) is 7.08. The van der Waals surface area contributed by atoms with E-state index in [9.17, 15) is 9.59 Å². The third kappa shape index (κ3) is 4.04. The van der Waals surface area contributed by atoms with E-state index in [2.05, 4.69) is 23.5 Å². The van der Waals surface area contributed by atoms with Crippen LogP contribution in [0.15, 0.2) is 115 Å². The Kier molecular flexibility index (Phi) is 5.90. The highest BCUT2D eigenvalue weighted by atomic mass is 16.1. The Labute approximate surface area is 185 Å². The van der Waals surface area contributed by atoms with Gasteiger partial charge in [-0.3, -0.25) is 19.1 Å². The van der Waals surface area contributed by atoms with E-state index < -0.39 is 0 Å². The van der Waals surface area contributed by atoms with Crippen LogP contribution in [0.2, 0.25) is 0 Å². The lowest BCUT2D eigenvalue weighted by Crippen LogP contribution is -2.14. The minimum absolute atomic E-state index is 0.155. The maximum atomic E-state index is 13.0. The van der Waals surface area contributed by atoms with Gasteiger partial charge in [-0.15, -0.1) is 0 Å². The van der Waals surface area contributed by atoms with Gasteiger partial charge in [-0.2, -0.15) is 0 Å². The zero-order valence-electron chi connectivity index (χ0n) is 17.4. The molecule has 1 N–H and O–H groups in total. The van der Waals surface area contributed by atoms with Crippen LogP contribution in [0.4, 0.5) is 5.82 Å². The zero-order chi connectivity index (χ0) is 22.5. The molecule has 0 atom stereocenters. The number of aromatic nitrogens is 2. The number of aldehydes is 1. The highest BCUT2D eigenvalue weighted by molar-refractivity contribution is 5.87. The molecule has 0 amide bonds. The largest absolute Gasteiger partial charge is 0.341 e. The van der Waals surface area contributed by atoms with Crippen molar-refractivity contribution in [1.29, 1.82) is 0 Å². The van der Waals surface area contributed by atoms with Crippen molar-refractivity contribution in [1.82, 2.24) is 9.55 Å². The lowest BCUT2D eigenvalue weighted by molar-refractivity contribution is 0.112. The number of carbonyl (C=O) groups is 1. The normalized spacial score (nSPS) is 11.2. The first-order valence-electron chi connectivity index (χ1n) is 10.0. The number of fused-ring (bicyclic) bond motifs is 1. The van der Waals surface area contributed by atoms with E-state index in [1.54, 1.807) is 42.6 Å². The van der Waals surface area contributed by atoms with Crippen LogP contribution in [0.3, 0.4) is 0 Å². The number of hydrogen-bond donors (Lipinski definition) is 1. The molecule has 2 aromatic carbocycles. The van der Waals surface area contributed by atoms with Gasteiger partial charge < -0.3 is 5.32 Å². The van der Waals surface area contributed by atoms with Gasteiger partial charge in [-0.05, 0) is 36.4 Å². The Balaban J connectivity index is 2.02. The predicted octanol–water partition coefficient (Wildman–Crippen LogP) is 5.53. The van der Waals surface area contributed by atoms with E-state index in [1.807, 2.05) is 53.1 Å². The van der Waals surface area contributed by atoms with Gasteiger partial charge in [0.15, 0.2) is 5.43 Å². The van der Waals surface area contributed by atoms with Crippen LogP contribution in [0.1, 0.15) is 10.4 Å². The lowest BCUT2D eigenvalue weighted by Gasteiger charge is -2.19. The number of anilines is 1. The van der Waals surface area contributed by atoms with Gasteiger partial charge >= 0.3 is 0 Å². The second kappa shape index (κ2) is 9.10. The van der Waals surface area contributed by atoms with Crippen LogP contribution in [-0.2, 0) is 0 Å². The molecule has 0 bridgehead atoms. The number of hydrogen-bond acceptors (Lipinski definition) is 4. The minimum Gasteiger partial charge on any atom is -0.341 e. The number of nitrogens with zero attached hydrogens (tertiary/aromatic N) is 2. The standard InChI is InChI=1S/C27H21N3O2/c1-3-9-21(4-2)29-27-16-26(32)23-17-28-24(20-11-8-10-19(14-20)18-31)15-25(23)30(27)22-12-6-5-7-13-22/h3-18,29H,1-2H2/b21-9+. The number of rotatable bonds is 7. The molecule has 156 valence electrons. The van der Waals surface area contributed by atoms with Gasteiger partial charge in [0.05, 0.1) is 16.6 Å². The Hall–Kier alpha value is -4.51. The summed E-state index contributed by atoms with van der Waals surface area (Å²) in [7, 11) is 0. The first kappa shape index (κ1) is 20.8. The summed E-state index contributed by atoms with van der Waals surface area (Å²) in [6.07, 6.45) is 7.47. The maximum Gasteiger partial charge on any atom is 0.193 e. The first-order valence-corrected chi connectivity index (χ1v) is 10.0. The third-order valence-electron chi connectivity index (χ3n) is 5.02. The van der Waals surface area contributed by atoms with Crippen LogP contribution in [0.25, 0.3) is 27.8 Å². The molecular weight excluding hydrogens is 398 g/mol. The van der Waals surface area contributed by atoms with Gasteiger partial charge in [0.2, 0.25) is 0 Å². The summed E-state index contributed by atoms with van der Waals surface area (Å²) in [6, 6.07) is 20.4. The molecular formula is C27H21N3O2. The fourth-order valence-electron chi connectivity index (χ4n) is 3.53. The molecule has 0 radical (unpaired) electrons. The number of pyridine rings is 2. The van der Waals surface area contributed by atoms with Crippen molar-refractivity contribution in [2.45, 2.75) is 0 Å². The molecule has 0 spiro atoms. The summed E-state index contributed by atoms with van der Waals surface area (Å²) in [5, 5.41) is 3.76. The van der Waals surface area contributed by atoms with Crippen LogP contribution in [0.5, 0.6) is 0 Å². The molecule has 0 aliphatic carbocycles. The Morgan fingerprint density at radius 1 is 1.00 bits per heavy atom. The van der Waals surface area contributed by atoms with Crippen LogP contribution in [0, 0.1) is 0 Å². The first-order chi connectivity index (χ1) is 15.6. The Morgan fingerprint density at radius 2 is 1.81 bits per heavy atom. The van der Waals surface area contributed by atoms with E-state index in [0.717, 1.165) is 17.5 Å². The Bertz CT molecular complexity index is 1420. The molecule has 2 aromatic heterocycles. The number of benzene rings is 2. The van der Waals surface area contributed by atoms with E-state index in [-0.39, 0.29) is 5.43 Å². The molecule has 0 aliphatic heterocycles. The summed E-state index contributed by atoms with van der Waals surface area (Å²) >= 11 is 0. The molecule has 0 aliphatic rings. The molecule has 2 heterocycles. The van der Waals surface area contributed by atoms with Gasteiger partial charge in [-0.1, -0.05) is 55.6 Å². The van der Waals surface area contributed by atoms with Gasteiger partial charge in [0.1, 0.15) is 12.1 Å². The Morgan fingerprint density at radius 3 is 2.53 bits per heavy atom. The number of para-hydroxylation sites is 1. The average Bonchev–Trinajstić information content (AvgIpc) is 2.84. The molecule has 5 heteroatoms. The summed E-state index contributed by atoms with van der Waals surface area (Å²) in [6.45, 7) is 7.56. The van der Waals surface area contributed by atoms with E-state index >= 15 is 0 Å². The molecule has 0 saturated carbocycles. The van der Waals surface area contributed by atoms with Crippen LogP contribution >= 0.6 is 0 Å². The zero-order valence-corrected chi connectivity index (χ0v) is 17.4. The second-order valence-electron chi connectivity index (χ2n) is 7.08. The van der Waals surface area contributed by atoms with Crippen LogP contribution < -0.4 is 10.7 Å². The van der Waals surface area contributed by atoms with Crippen molar-refractivity contribution in [3.8, 4) is 16.9 Å². The molecule has 0 saturated heterocycles. The van der Waals surface area contributed by atoms with Gasteiger partial charge in [0, 0.05) is 34.8 Å². The smallest absolute Gasteiger partial charge is 0.193 e. The average molecular weight is 419 g/mol. The van der Waals surface area contributed by atoms with Crippen molar-refractivity contribution in [3.05, 3.63) is 126 Å². The fourth-order valence-corrected chi connectivity index (χ4v) is 3.53. The topological polar surface area (TPSA) is 64.0 Å². The maximum absolute atomic E-state index is 13.0. The van der Waals surface area contributed by atoms with Crippen molar-refractivity contribution < 1.29 is 4.79 Å². The highest BCUT2D eigenvalue weighted by Gasteiger charge is 2.14. The van der Waals surface area contributed by atoms with Crippen molar-refractivity contribution >= 4 is 23.0 Å². The molecule has 5 nitrogen and oxygen atoms in total. The number of allylic oxidation sites excluding steroid dienone is 3. The number of nitrogens with one attached hydrogen (secondary N) is 1. The molecule has 4 rings (SSSR count). The van der Waals surface area contributed by atoms with E-state index in [0.29, 0.717) is 33.7 Å². The van der Waals surface area contributed by atoms with Crippen molar-refractivity contribution in [3.63, 3.8) is 0 Å². The summed E-state index contributed by atoms with van der Waals surface area (Å²) < 4.78 is 1.96. The number of carbonyl (C=O) groups excluding carboxylic acids is 1. The van der Waals surface area contributed by atoms with Gasteiger partial charge in [0.25, 0.3) is 0 Å². The van der Waals surface area contributed by atoms with Crippen molar-refractivity contribution in [2.24, 2.45) is 0 Å². The van der Waals surface area contributed by atoms with E-state index in [4.69, 9.17) is 0 Å². The van der Waals surface area contributed by atoms with Crippen molar-refractivity contribution in [2.75, 3.05) is 5.32 Å². The summed E-state index contributed by atoms with van der Waals surface area (Å²) in [4.78, 5) is 28.7. The monoisotopic (exact) mass is 419 g/mol. The predicted molar refractivity (Wildman–Crippen MR) is 130 cm³/mol. The van der Waals surface area contributed by atoms with Crippen LogP contribution in [-0.4, -0.2) is 15.8 Å². The SMILES string of the molecule is C=C/C=C(\C=C)Nc1cc(=O)c2cnc(-c3cccc(C=O)c3)cc2n1-c1ccccc1. The molecule has 32 heavy (non-hydrogen) atoms.